The van der Waals surface area contributed by atoms with E-state index >= 15 is 0 Å². The largest absolute Gasteiger partial charge is 0.494 e. The third kappa shape index (κ3) is 27.5. The minimum atomic E-state index is -0.981. The van der Waals surface area contributed by atoms with Crippen LogP contribution in [0.25, 0.3) is 0 Å². The summed E-state index contributed by atoms with van der Waals surface area (Å²) in [5.74, 6) is -0.981. The summed E-state index contributed by atoms with van der Waals surface area (Å²) < 4.78 is 13.8. The fraction of sp³-hybridized carbons (Fsp3) is 0.167. The van der Waals surface area contributed by atoms with Gasteiger partial charge in [-0.15, -0.1) is 11.1 Å². The van der Waals surface area contributed by atoms with Gasteiger partial charge in [0.15, 0.2) is 0 Å². The highest BCUT2D eigenvalue weighted by molar-refractivity contribution is 7.17. The second-order valence-electron chi connectivity index (χ2n) is 1.23. The van der Waals surface area contributed by atoms with Crippen molar-refractivity contribution in [1.82, 2.24) is 0 Å². The average Bonchev–Trinajstić information content (AvgIpc) is 2.02. The van der Waals surface area contributed by atoms with Crippen LogP contribution in [0.2, 0.25) is 0 Å². The monoisotopic (exact) mass is 177 g/mol. The number of hydrogen-bond acceptors (Lipinski definition) is 3. The van der Waals surface area contributed by atoms with Crippen LogP contribution in [0.15, 0.2) is 25.3 Å². The fourth-order valence-corrected chi connectivity index (χ4v) is 0.279. The van der Waals surface area contributed by atoms with Gasteiger partial charge in [0.05, 0.1) is 0 Å². The Hall–Kier alpha value is -0.990. The molecule has 62 valence electrons. The number of hydrogen-bond donors (Lipinski definition) is 1. The van der Waals surface area contributed by atoms with E-state index in [-0.39, 0.29) is 0 Å². The molecule has 0 aromatic heterocycles. The summed E-state index contributed by atoms with van der Waals surface area (Å²) in [6.45, 7) is 6.68. The van der Waals surface area contributed by atoms with Gasteiger partial charge in [-0.05, 0) is 4.57 Å². The Morgan fingerprint density at radius 1 is 1.64 bits per heavy atom. The first-order valence-electron chi connectivity index (χ1n) is 2.64. The molecule has 0 aromatic rings. The minimum Gasteiger partial charge on any atom is -0.478 e. The van der Waals surface area contributed by atoms with Gasteiger partial charge >= 0.3 is 14.7 Å². The standard InChI is InChI=1S/C3H6O2P.C3H4O2/c1-2-3-5-6-4;1-2-3(4)5/h2,6H,1,3H2;2H,1H2,(H,4,5)/q+1;. The topological polar surface area (TPSA) is 63.6 Å². The number of aliphatic carboxylic acids is 1. The van der Waals surface area contributed by atoms with Crippen molar-refractivity contribution in [2.75, 3.05) is 6.61 Å². The van der Waals surface area contributed by atoms with Crippen LogP contribution in [-0.2, 0) is 13.9 Å². The molecule has 0 radical (unpaired) electrons. The van der Waals surface area contributed by atoms with E-state index in [1.807, 2.05) is 0 Å². The van der Waals surface area contributed by atoms with E-state index in [9.17, 15) is 9.36 Å². The van der Waals surface area contributed by atoms with Crippen LogP contribution in [-0.4, -0.2) is 17.7 Å². The summed E-state index contributed by atoms with van der Waals surface area (Å²) in [5, 5.41) is 7.60. The first kappa shape index (κ1) is 12.7. The number of carboxylic acids is 1. The van der Waals surface area contributed by atoms with Crippen LogP contribution in [0.1, 0.15) is 0 Å². The highest BCUT2D eigenvalue weighted by Gasteiger charge is 1.79. The van der Waals surface area contributed by atoms with Crippen molar-refractivity contribution in [3.8, 4) is 0 Å². The SMILES string of the molecule is C=CC(=O)O.C=CCO[PH+]=O. The van der Waals surface area contributed by atoms with Crippen LogP contribution in [0.5, 0.6) is 0 Å². The van der Waals surface area contributed by atoms with Gasteiger partial charge in [0, 0.05) is 6.08 Å². The van der Waals surface area contributed by atoms with Crippen molar-refractivity contribution >= 4 is 14.7 Å². The van der Waals surface area contributed by atoms with Gasteiger partial charge in [-0.2, -0.15) is 0 Å². The van der Waals surface area contributed by atoms with Crippen LogP contribution >= 0.6 is 8.69 Å². The molecule has 11 heavy (non-hydrogen) atoms. The first-order chi connectivity index (χ1) is 5.18. The van der Waals surface area contributed by atoms with E-state index in [1.54, 1.807) is 6.08 Å². The lowest BCUT2D eigenvalue weighted by molar-refractivity contribution is -0.131. The van der Waals surface area contributed by atoms with Crippen molar-refractivity contribution in [3.05, 3.63) is 25.3 Å². The molecule has 0 bridgehead atoms. The quantitative estimate of drug-likeness (QED) is 0.305. The summed E-state index contributed by atoms with van der Waals surface area (Å²) in [6, 6.07) is 0. The second kappa shape index (κ2) is 11.8. The molecule has 0 saturated carbocycles. The summed E-state index contributed by atoms with van der Waals surface area (Å²) >= 11 is 0. The van der Waals surface area contributed by atoms with Crippen molar-refractivity contribution in [1.29, 1.82) is 0 Å². The van der Waals surface area contributed by atoms with E-state index in [0.717, 1.165) is 6.08 Å². The molecule has 4 nitrogen and oxygen atoms in total. The van der Waals surface area contributed by atoms with Gasteiger partial charge in [0.1, 0.15) is 6.61 Å². The van der Waals surface area contributed by atoms with Gasteiger partial charge in [-0.3, -0.25) is 0 Å². The third-order valence-corrected chi connectivity index (χ3v) is 0.719. The minimum absolute atomic E-state index is 0.377. The molecule has 1 atom stereocenters. The van der Waals surface area contributed by atoms with Gasteiger partial charge in [-0.1, -0.05) is 12.7 Å². The maximum Gasteiger partial charge on any atom is 0.494 e. The second-order valence-corrected chi connectivity index (χ2v) is 1.68. The summed E-state index contributed by atoms with van der Waals surface area (Å²) in [5.41, 5.74) is 0. The zero-order valence-electron chi connectivity index (χ0n) is 5.95. The zero-order valence-corrected chi connectivity index (χ0v) is 6.95. The molecular formula is C6H10O4P+. The van der Waals surface area contributed by atoms with E-state index in [0.29, 0.717) is 6.61 Å². The molecule has 0 aliphatic carbocycles. The lowest BCUT2D eigenvalue weighted by Gasteiger charge is -1.67. The Bertz CT molecular complexity index is 136. The predicted molar refractivity (Wildman–Crippen MR) is 43.0 cm³/mol. The first-order valence-corrected chi connectivity index (χ1v) is 3.45. The highest BCUT2D eigenvalue weighted by atomic mass is 31.1. The van der Waals surface area contributed by atoms with Crippen LogP contribution < -0.4 is 0 Å². The Labute approximate surface area is 66.5 Å². The Kier molecular flexibility index (Phi) is 13.5. The molecule has 0 rings (SSSR count). The molecule has 0 aliphatic rings. The molecule has 0 fully saturated rings. The van der Waals surface area contributed by atoms with E-state index in [4.69, 9.17) is 5.11 Å². The third-order valence-electron chi connectivity index (χ3n) is 0.435. The van der Waals surface area contributed by atoms with Gasteiger partial charge in [0.25, 0.3) is 0 Å². The average molecular weight is 177 g/mol. The van der Waals surface area contributed by atoms with E-state index in [2.05, 4.69) is 17.7 Å². The fourth-order valence-electron chi connectivity index (χ4n) is 0.0929. The zero-order chi connectivity index (χ0) is 9.11. The van der Waals surface area contributed by atoms with Crippen molar-refractivity contribution in [3.63, 3.8) is 0 Å². The molecule has 1 N–H and O–H groups in total. The molecular weight excluding hydrogens is 167 g/mol. The highest BCUT2D eigenvalue weighted by Crippen LogP contribution is 1.90. The van der Waals surface area contributed by atoms with Crippen LogP contribution in [0.3, 0.4) is 0 Å². The van der Waals surface area contributed by atoms with Crippen molar-refractivity contribution in [2.45, 2.75) is 0 Å². The van der Waals surface area contributed by atoms with E-state index in [1.165, 1.54) is 0 Å². The predicted octanol–water partition coefficient (Wildman–Crippen LogP) is 1.38. The number of carboxylic acid groups (broad SMARTS) is 1. The van der Waals surface area contributed by atoms with Crippen LogP contribution in [0.4, 0.5) is 0 Å². The number of rotatable bonds is 4. The molecule has 0 amide bonds. The molecule has 0 spiro atoms. The molecule has 0 saturated heterocycles. The lowest BCUT2D eigenvalue weighted by atomic mass is 10.7. The molecule has 1 unspecified atom stereocenters. The Morgan fingerprint density at radius 3 is 2.18 bits per heavy atom. The summed E-state index contributed by atoms with van der Waals surface area (Å²) in [4.78, 5) is 9.25. The molecule has 5 heteroatoms. The Balaban J connectivity index is 0. The van der Waals surface area contributed by atoms with Gasteiger partial charge < -0.3 is 5.11 Å². The van der Waals surface area contributed by atoms with Gasteiger partial charge in [0.2, 0.25) is 0 Å². The molecule has 0 aromatic carbocycles. The maximum absolute atomic E-state index is 9.45. The van der Waals surface area contributed by atoms with Crippen molar-refractivity contribution < 1.29 is 19.0 Å². The van der Waals surface area contributed by atoms with Crippen molar-refractivity contribution in [2.24, 2.45) is 0 Å². The summed E-state index contributed by atoms with van der Waals surface area (Å²) in [6.07, 6.45) is 2.38. The summed E-state index contributed by atoms with van der Waals surface area (Å²) in [7, 11) is -0.657. The Morgan fingerprint density at radius 2 is 2.09 bits per heavy atom. The van der Waals surface area contributed by atoms with E-state index < -0.39 is 14.7 Å². The van der Waals surface area contributed by atoms with Crippen LogP contribution in [0, 0.1) is 0 Å². The molecule has 0 aliphatic heterocycles. The smallest absolute Gasteiger partial charge is 0.478 e. The lowest BCUT2D eigenvalue weighted by Crippen LogP contribution is -1.82. The van der Waals surface area contributed by atoms with Gasteiger partial charge in [-0.25, -0.2) is 4.79 Å². The maximum atomic E-state index is 9.45. The molecule has 0 heterocycles. The normalized spacial score (nSPS) is 7.64. The number of carbonyl (C=O) groups is 1.